The maximum atomic E-state index is 6.62. The van der Waals surface area contributed by atoms with Crippen molar-refractivity contribution in [3.63, 3.8) is 0 Å². The predicted molar refractivity (Wildman–Crippen MR) is 187 cm³/mol. The first-order valence-electron chi connectivity index (χ1n) is 15.2. The van der Waals surface area contributed by atoms with Crippen molar-refractivity contribution >= 4 is 73.0 Å². The molecule has 9 aromatic rings. The monoisotopic (exact) mass is 593 g/mol. The molecule has 9 rings (SSSR count). The summed E-state index contributed by atoms with van der Waals surface area (Å²) in [6.07, 6.45) is 1.98. The highest BCUT2D eigenvalue weighted by atomic mass is 28.3. The molecule has 0 spiro atoms. The van der Waals surface area contributed by atoms with E-state index >= 15 is 0 Å². The molecule has 6 aromatic carbocycles. The number of benzene rings is 6. The topological polar surface area (TPSA) is 43.9 Å². The molecule has 0 saturated carbocycles. The Morgan fingerprint density at radius 2 is 1.00 bits per heavy atom. The first kappa shape index (κ1) is 25.7. The number of nitrogens with zero attached hydrogens (tertiary/aromatic N) is 3. The van der Waals surface area contributed by atoms with Crippen LogP contribution in [0.25, 0.3) is 49.6 Å². The summed E-state index contributed by atoms with van der Waals surface area (Å²) >= 11 is 0. The third-order valence-corrected chi connectivity index (χ3v) is 13.5. The molecule has 0 unspecified atom stereocenters. The molecule has 0 aliphatic rings. The van der Waals surface area contributed by atoms with Crippen LogP contribution < -0.4 is 21.0 Å². The highest BCUT2D eigenvalue weighted by Crippen LogP contribution is 2.37. The average molecular weight is 594 g/mol. The summed E-state index contributed by atoms with van der Waals surface area (Å²) in [5.74, 6) is 0. The summed E-state index contributed by atoms with van der Waals surface area (Å²) in [5, 5.41) is 8.04. The molecule has 0 amide bonds. The van der Waals surface area contributed by atoms with Crippen LogP contribution in [-0.2, 0) is 0 Å². The molecular weight excluding hydrogens is 567 g/mol. The molecule has 5 heteroatoms. The Bertz CT molecular complexity index is 2340. The second-order valence-electron chi connectivity index (χ2n) is 11.4. The van der Waals surface area contributed by atoms with Crippen LogP contribution in [-0.4, -0.2) is 22.6 Å². The van der Waals surface area contributed by atoms with Gasteiger partial charge >= 0.3 is 0 Å². The van der Waals surface area contributed by atoms with Crippen LogP contribution in [0.4, 0.5) is 0 Å². The van der Waals surface area contributed by atoms with E-state index in [4.69, 9.17) is 14.4 Å². The Hall–Kier alpha value is -5.78. The lowest BCUT2D eigenvalue weighted by Gasteiger charge is -2.31. The van der Waals surface area contributed by atoms with E-state index in [1.807, 2.05) is 12.3 Å². The van der Waals surface area contributed by atoms with Crippen LogP contribution in [0.1, 0.15) is 0 Å². The molecule has 0 bridgehead atoms. The van der Waals surface area contributed by atoms with Gasteiger partial charge in [-0.15, -0.1) is 0 Å². The number of hydrogen-bond donors (Lipinski definition) is 0. The zero-order valence-corrected chi connectivity index (χ0v) is 25.3. The molecule has 45 heavy (non-hydrogen) atoms. The van der Waals surface area contributed by atoms with E-state index in [1.165, 1.54) is 26.3 Å². The van der Waals surface area contributed by atoms with Gasteiger partial charge in [0.1, 0.15) is 11.0 Å². The lowest BCUT2D eigenvalue weighted by atomic mass is 10.1. The zero-order valence-electron chi connectivity index (χ0n) is 24.3. The van der Waals surface area contributed by atoms with Crippen molar-refractivity contribution in [2.75, 3.05) is 0 Å². The molecule has 0 N–H and O–H groups in total. The van der Waals surface area contributed by atoms with Crippen LogP contribution in [0.5, 0.6) is 0 Å². The van der Waals surface area contributed by atoms with Gasteiger partial charge < -0.3 is 8.98 Å². The van der Waals surface area contributed by atoms with E-state index in [0.29, 0.717) is 5.71 Å². The van der Waals surface area contributed by atoms with E-state index in [2.05, 4.69) is 156 Å². The van der Waals surface area contributed by atoms with Gasteiger partial charge in [-0.2, -0.15) is 0 Å². The largest absolute Gasteiger partial charge is 0.438 e. The second-order valence-corrected chi connectivity index (χ2v) is 15.1. The summed E-state index contributed by atoms with van der Waals surface area (Å²) in [6, 6.07) is 55.6. The first-order valence-corrected chi connectivity index (χ1v) is 17.2. The Labute approximate surface area is 260 Å². The van der Waals surface area contributed by atoms with Crippen molar-refractivity contribution in [1.29, 1.82) is 0 Å². The van der Waals surface area contributed by atoms with Crippen molar-refractivity contribution < 1.29 is 4.42 Å². The molecule has 4 nitrogen and oxygen atoms in total. The summed E-state index contributed by atoms with van der Waals surface area (Å²) in [4.78, 5) is 10.6. The van der Waals surface area contributed by atoms with Crippen LogP contribution >= 0.6 is 0 Å². The van der Waals surface area contributed by atoms with Crippen molar-refractivity contribution in [3.8, 4) is 5.69 Å². The van der Waals surface area contributed by atoms with Gasteiger partial charge in [-0.25, -0.2) is 9.97 Å². The van der Waals surface area contributed by atoms with Crippen molar-refractivity contribution in [3.05, 3.63) is 164 Å². The third kappa shape index (κ3) is 3.78. The maximum absolute atomic E-state index is 6.62. The molecule has 3 heterocycles. The summed E-state index contributed by atoms with van der Waals surface area (Å²) in [7, 11) is -2.89. The summed E-state index contributed by atoms with van der Waals surface area (Å²) in [6.45, 7) is 0. The Kier molecular flexibility index (Phi) is 5.79. The lowest BCUT2D eigenvalue weighted by Crippen LogP contribution is -2.76. The molecule has 0 aliphatic heterocycles. The van der Waals surface area contributed by atoms with E-state index in [0.717, 1.165) is 38.5 Å². The highest BCUT2D eigenvalue weighted by molar-refractivity contribution is 7.19. The van der Waals surface area contributed by atoms with Gasteiger partial charge in [0.15, 0.2) is 0 Å². The number of aromatic nitrogens is 3. The minimum Gasteiger partial charge on any atom is -0.438 e. The van der Waals surface area contributed by atoms with Crippen LogP contribution in [0.15, 0.2) is 168 Å². The molecule has 0 aliphatic carbocycles. The van der Waals surface area contributed by atoms with E-state index in [9.17, 15) is 0 Å². The third-order valence-electron chi connectivity index (χ3n) is 9.01. The smallest absolute Gasteiger partial charge is 0.230 e. The number of hydrogen-bond acceptors (Lipinski definition) is 3. The van der Waals surface area contributed by atoms with Gasteiger partial charge in [-0.3, -0.25) is 0 Å². The van der Waals surface area contributed by atoms with E-state index in [1.54, 1.807) is 0 Å². The average Bonchev–Trinajstić information content (AvgIpc) is 3.66. The van der Waals surface area contributed by atoms with E-state index in [-0.39, 0.29) is 0 Å². The molecule has 0 fully saturated rings. The van der Waals surface area contributed by atoms with Crippen LogP contribution in [0.3, 0.4) is 0 Å². The van der Waals surface area contributed by atoms with Crippen LogP contribution in [0.2, 0.25) is 0 Å². The highest BCUT2D eigenvalue weighted by Gasteiger charge is 2.44. The summed E-state index contributed by atoms with van der Waals surface area (Å²) < 4.78 is 8.96. The second kappa shape index (κ2) is 10.1. The zero-order chi connectivity index (χ0) is 29.8. The number of fused-ring (bicyclic) bond motifs is 6. The predicted octanol–water partition coefficient (Wildman–Crippen LogP) is 6.85. The Balaban J connectivity index is 1.35. The quantitative estimate of drug-likeness (QED) is 0.162. The molecule has 212 valence electrons. The normalized spacial score (nSPS) is 12.0. The van der Waals surface area contributed by atoms with Crippen molar-refractivity contribution in [2.24, 2.45) is 0 Å². The molecule has 0 saturated heterocycles. The molecule has 3 aromatic heterocycles. The fourth-order valence-corrected chi connectivity index (χ4v) is 11.5. The molecule has 0 atom stereocenters. The van der Waals surface area contributed by atoms with E-state index < -0.39 is 8.07 Å². The number of furan rings is 1. The minimum atomic E-state index is -2.89. The van der Waals surface area contributed by atoms with Gasteiger partial charge in [0.25, 0.3) is 0 Å². The van der Waals surface area contributed by atoms with Crippen LogP contribution in [0, 0.1) is 0 Å². The van der Waals surface area contributed by atoms with Gasteiger partial charge in [-0.1, -0.05) is 133 Å². The van der Waals surface area contributed by atoms with Gasteiger partial charge in [-0.05, 0) is 39.8 Å². The maximum Gasteiger partial charge on any atom is 0.230 e. The fraction of sp³-hybridized carbons (Fsp3) is 0. The lowest BCUT2D eigenvalue weighted by molar-refractivity contribution is 0.654. The van der Waals surface area contributed by atoms with Crippen molar-refractivity contribution in [2.45, 2.75) is 0 Å². The standard InChI is InChI=1S/C40H27N3OSi/c1-4-15-28(16-5-1)45(29-17-6-2-7-18-29,30-19-8-3-9-20-30)40-41-27-33-38-36(25-14-26-37(38)44-39(33)42-40)43-34-23-12-10-21-31(34)32-22-11-13-24-35(32)43/h1-27H. The Morgan fingerprint density at radius 1 is 0.489 bits per heavy atom. The minimum absolute atomic E-state index is 0.600. The summed E-state index contributed by atoms with van der Waals surface area (Å²) in [5.41, 5.74) is 5.56. The Morgan fingerprint density at radius 3 is 1.56 bits per heavy atom. The molecule has 0 radical (unpaired) electrons. The SMILES string of the molecule is c1ccc([Si](c2ccccc2)(c2ccccc2)c2ncc3c(n2)oc2cccc(-n4c5ccccc5c5ccccc54)c23)cc1. The first-order chi connectivity index (χ1) is 22.3. The number of rotatable bonds is 5. The van der Waals surface area contributed by atoms with Gasteiger partial charge in [0, 0.05) is 17.0 Å². The van der Waals surface area contributed by atoms with Crippen molar-refractivity contribution in [1.82, 2.24) is 14.5 Å². The fourth-order valence-electron chi connectivity index (χ4n) is 7.10. The van der Waals surface area contributed by atoms with Gasteiger partial charge in [0.2, 0.25) is 13.8 Å². The van der Waals surface area contributed by atoms with Gasteiger partial charge in [0.05, 0.1) is 27.5 Å². The molecular formula is C40H27N3OSi. The number of para-hydroxylation sites is 2.